The number of aromatic amines is 1. The first-order chi connectivity index (χ1) is 14.6. The average Bonchev–Trinajstić information content (AvgIpc) is 3.16. The van der Waals surface area contributed by atoms with Crippen LogP contribution in [0.15, 0.2) is 46.6 Å². The van der Waals surface area contributed by atoms with E-state index in [0.717, 1.165) is 15.6 Å². The first-order valence-electron chi connectivity index (χ1n) is 9.01. The van der Waals surface area contributed by atoms with Crippen molar-refractivity contribution in [2.75, 3.05) is 28.4 Å². The van der Waals surface area contributed by atoms with Crippen molar-refractivity contribution in [1.29, 1.82) is 0 Å². The monoisotopic (exact) mass is 408 g/mol. The molecule has 4 aromatic rings. The van der Waals surface area contributed by atoms with E-state index in [2.05, 4.69) is 15.1 Å². The van der Waals surface area contributed by atoms with Crippen LogP contribution in [0.3, 0.4) is 0 Å². The molecule has 0 aliphatic rings. The van der Waals surface area contributed by atoms with Crippen molar-refractivity contribution in [3.63, 3.8) is 0 Å². The van der Waals surface area contributed by atoms with Gasteiger partial charge in [0.1, 0.15) is 23.1 Å². The van der Waals surface area contributed by atoms with Crippen LogP contribution in [0.2, 0.25) is 0 Å². The fourth-order valence-electron chi connectivity index (χ4n) is 3.24. The van der Waals surface area contributed by atoms with Crippen molar-refractivity contribution in [3.05, 3.63) is 52.6 Å². The summed E-state index contributed by atoms with van der Waals surface area (Å²) < 4.78 is 22.4. The second-order valence-electron chi connectivity index (χ2n) is 6.36. The van der Waals surface area contributed by atoms with E-state index in [-0.39, 0.29) is 5.56 Å². The van der Waals surface area contributed by atoms with Crippen molar-refractivity contribution in [2.24, 2.45) is 5.10 Å². The number of H-pyrrole nitrogens is 1. The van der Waals surface area contributed by atoms with Crippen LogP contribution in [0.1, 0.15) is 5.56 Å². The van der Waals surface area contributed by atoms with Crippen molar-refractivity contribution in [1.82, 2.24) is 14.6 Å². The minimum Gasteiger partial charge on any atom is -0.497 e. The quantitative estimate of drug-likeness (QED) is 0.493. The lowest BCUT2D eigenvalue weighted by Crippen LogP contribution is -2.17. The van der Waals surface area contributed by atoms with Gasteiger partial charge in [0.15, 0.2) is 11.5 Å². The summed E-state index contributed by atoms with van der Waals surface area (Å²) in [5.74, 6) is 2.15. The van der Waals surface area contributed by atoms with Crippen LogP contribution < -0.4 is 24.5 Å². The number of nitrogens with one attached hydrogen (secondary N) is 1. The van der Waals surface area contributed by atoms with Gasteiger partial charge in [-0.05, 0) is 30.3 Å². The molecule has 1 N–H and O–H groups in total. The molecule has 0 saturated heterocycles. The zero-order valence-corrected chi connectivity index (χ0v) is 16.9. The number of ether oxygens (including phenoxy) is 4. The number of rotatable bonds is 6. The van der Waals surface area contributed by atoms with E-state index in [1.807, 2.05) is 18.2 Å². The fourth-order valence-corrected chi connectivity index (χ4v) is 3.24. The number of benzene rings is 2. The molecule has 0 spiro atoms. The van der Waals surface area contributed by atoms with Crippen LogP contribution in [0, 0.1) is 0 Å². The molecule has 0 aliphatic heterocycles. The smallest absolute Gasteiger partial charge is 0.298 e. The molecule has 0 amide bonds. The van der Waals surface area contributed by atoms with Gasteiger partial charge in [-0.1, -0.05) is 0 Å². The summed E-state index contributed by atoms with van der Waals surface area (Å²) in [7, 11) is 6.19. The molecule has 0 fully saturated rings. The topological polar surface area (TPSA) is 100.0 Å². The Morgan fingerprint density at radius 1 is 1.00 bits per heavy atom. The second kappa shape index (κ2) is 7.78. The summed E-state index contributed by atoms with van der Waals surface area (Å²) in [6, 6.07) is 8.97. The Kier molecular flexibility index (Phi) is 5.01. The molecular formula is C21H20N4O5. The molecule has 0 bridgehead atoms. The zero-order valence-electron chi connectivity index (χ0n) is 16.9. The predicted octanol–water partition coefficient (Wildman–Crippen LogP) is 2.79. The third-order valence-corrected chi connectivity index (χ3v) is 4.71. The van der Waals surface area contributed by atoms with E-state index in [0.29, 0.717) is 39.6 Å². The molecule has 4 rings (SSSR count). The number of hydrogen-bond acceptors (Lipinski definition) is 7. The lowest BCUT2D eigenvalue weighted by Gasteiger charge is -2.12. The highest BCUT2D eigenvalue weighted by Crippen LogP contribution is 2.37. The van der Waals surface area contributed by atoms with Crippen molar-refractivity contribution < 1.29 is 18.9 Å². The highest BCUT2D eigenvalue weighted by molar-refractivity contribution is 6.04. The lowest BCUT2D eigenvalue weighted by atomic mass is 10.2. The van der Waals surface area contributed by atoms with Crippen LogP contribution in [-0.4, -0.2) is 49.3 Å². The number of fused-ring (bicyclic) bond motifs is 3. The Balaban J connectivity index is 1.77. The summed E-state index contributed by atoms with van der Waals surface area (Å²) in [5.41, 5.74) is 2.06. The molecular weight excluding hydrogens is 388 g/mol. The summed E-state index contributed by atoms with van der Waals surface area (Å²) >= 11 is 0. The van der Waals surface area contributed by atoms with Crippen LogP contribution in [-0.2, 0) is 0 Å². The van der Waals surface area contributed by atoms with Crippen molar-refractivity contribution >= 4 is 28.2 Å². The van der Waals surface area contributed by atoms with E-state index in [1.165, 1.54) is 33.9 Å². The summed E-state index contributed by atoms with van der Waals surface area (Å²) in [5, 5.41) is 5.06. The fraction of sp³-hybridized carbons (Fsp3) is 0.190. The van der Waals surface area contributed by atoms with Crippen molar-refractivity contribution in [2.45, 2.75) is 0 Å². The molecule has 0 saturated carbocycles. The lowest BCUT2D eigenvalue weighted by molar-refractivity contribution is 0.324. The van der Waals surface area contributed by atoms with E-state index in [4.69, 9.17) is 18.9 Å². The number of hydrogen-bond donors (Lipinski definition) is 1. The maximum atomic E-state index is 12.9. The van der Waals surface area contributed by atoms with E-state index < -0.39 is 0 Å². The standard InChI is InChI=1S/C21H20N4O5/c1-27-13-5-6-15-14(9-13)18-19(24-15)21(26)25(11-22-18)23-10-12-7-16(28-2)20(30-4)17(8-12)29-3/h5-11,24H,1-4H3/b23-10+. The number of nitrogens with zero attached hydrogens (tertiary/aromatic N) is 3. The highest BCUT2D eigenvalue weighted by Gasteiger charge is 2.13. The van der Waals surface area contributed by atoms with E-state index in [9.17, 15) is 4.79 Å². The molecule has 0 unspecified atom stereocenters. The Morgan fingerprint density at radius 2 is 1.73 bits per heavy atom. The van der Waals surface area contributed by atoms with Gasteiger partial charge in [0.25, 0.3) is 5.56 Å². The summed E-state index contributed by atoms with van der Waals surface area (Å²) in [6.07, 6.45) is 2.90. The normalized spacial score (nSPS) is 11.3. The molecule has 9 heteroatoms. The SMILES string of the molecule is COc1ccc2[nH]c3c(=O)n(/N=C/c4cc(OC)c(OC)c(OC)c4)cnc3c2c1. The Labute approximate surface area is 171 Å². The van der Waals surface area contributed by atoms with Gasteiger partial charge in [-0.15, -0.1) is 0 Å². The maximum absolute atomic E-state index is 12.9. The molecule has 154 valence electrons. The highest BCUT2D eigenvalue weighted by atomic mass is 16.5. The summed E-state index contributed by atoms with van der Waals surface area (Å²) in [6.45, 7) is 0. The third-order valence-electron chi connectivity index (χ3n) is 4.71. The third kappa shape index (κ3) is 3.20. The maximum Gasteiger partial charge on any atom is 0.298 e. The van der Waals surface area contributed by atoms with Crippen LogP contribution >= 0.6 is 0 Å². The van der Waals surface area contributed by atoms with Crippen LogP contribution in [0.25, 0.3) is 21.9 Å². The van der Waals surface area contributed by atoms with Gasteiger partial charge < -0.3 is 23.9 Å². The first-order valence-corrected chi connectivity index (χ1v) is 9.01. The van der Waals surface area contributed by atoms with Gasteiger partial charge >= 0.3 is 0 Å². The zero-order chi connectivity index (χ0) is 21.3. The molecule has 2 aromatic heterocycles. The average molecular weight is 408 g/mol. The van der Waals surface area contributed by atoms with Crippen molar-refractivity contribution in [3.8, 4) is 23.0 Å². The molecule has 2 heterocycles. The first kappa shape index (κ1) is 19.3. The predicted molar refractivity (Wildman–Crippen MR) is 114 cm³/mol. The Bertz CT molecular complexity index is 1300. The minimum atomic E-state index is -0.321. The van der Waals surface area contributed by atoms with E-state index in [1.54, 1.807) is 19.2 Å². The molecule has 2 aromatic carbocycles. The summed E-state index contributed by atoms with van der Waals surface area (Å²) in [4.78, 5) is 20.4. The minimum absolute atomic E-state index is 0.321. The van der Waals surface area contributed by atoms with Gasteiger partial charge in [-0.3, -0.25) is 4.79 Å². The molecule has 30 heavy (non-hydrogen) atoms. The van der Waals surface area contributed by atoms with Gasteiger partial charge in [0.05, 0.1) is 34.7 Å². The van der Waals surface area contributed by atoms with Crippen LogP contribution in [0.4, 0.5) is 0 Å². The molecule has 0 atom stereocenters. The van der Waals surface area contributed by atoms with E-state index >= 15 is 0 Å². The number of aromatic nitrogens is 3. The van der Waals surface area contributed by atoms with Gasteiger partial charge in [-0.2, -0.15) is 9.78 Å². The number of methoxy groups -OCH3 is 4. The molecule has 0 aliphatic carbocycles. The van der Waals surface area contributed by atoms with Crippen LogP contribution in [0.5, 0.6) is 23.0 Å². The van der Waals surface area contributed by atoms with Gasteiger partial charge in [-0.25, -0.2) is 4.98 Å². The molecule has 0 radical (unpaired) electrons. The van der Waals surface area contributed by atoms with Gasteiger partial charge in [0, 0.05) is 16.5 Å². The Morgan fingerprint density at radius 3 is 2.37 bits per heavy atom. The van der Waals surface area contributed by atoms with Gasteiger partial charge in [0.2, 0.25) is 5.75 Å². The second-order valence-corrected chi connectivity index (χ2v) is 6.36. The molecule has 9 nitrogen and oxygen atoms in total. The largest absolute Gasteiger partial charge is 0.497 e. The Hall–Kier alpha value is -4.01.